The SMILES string of the molecule is NNC(CCCC1CCCO1)c1ccc(Br)cc1Br. The molecule has 3 nitrogen and oxygen atoms in total. The average molecular weight is 392 g/mol. The summed E-state index contributed by atoms with van der Waals surface area (Å²) in [5.41, 5.74) is 4.12. The molecule has 0 amide bonds. The van der Waals surface area contributed by atoms with E-state index in [2.05, 4.69) is 49.4 Å². The molecule has 2 atom stereocenters. The Morgan fingerprint density at radius 2 is 2.26 bits per heavy atom. The highest BCUT2D eigenvalue weighted by Crippen LogP contribution is 2.30. The molecule has 2 unspecified atom stereocenters. The van der Waals surface area contributed by atoms with Gasteiger partial charge in [-0.2, -0.15) is 0 Å². The fourth-order valence-corrected chi connectivity index (χ4v) is 3.86. The summed E-state index contributed by atoms with van der Waals surface area (Å²) < 4.78 is 7.80. The lowest BCUT2D eigenvalue weighted by molar-refractivity contribution is 0.101. The summed E-state index contributed by atoms with van der Waals surface area (Å²) in [6.45, 7) is 0.932. The van der Waals surface area contributed by atoms with Gasteiger partial charge < -0.3 is 4.74 Å². The van der Waals surface area contributed by atoms with Crippen LogP contribution in [0.5, 0.6) is 0 Å². The zero-order chi connectivity index (χ0) is 13.7. The van der Waals surface area contributed by atoms with Crippen LogP contribution in [0.1, 0.15) is 43.7 Å². The number of hydrogen-bond donors (Lipinski definition) is 2. The molecule has 0 radical (unpaired) electrons. The van der Waals surface area contributed by atoms with Crippen molar-refractivity contribution in [2.45, 2.75) is 44.2 Å². The second-order valence-electron chi connectivity index (χ2n) is 4.95. The number of nitrogens with one attached hydrogen (secondary N) is 1. The van der Waals surface area contributed by atoms with Gasteiger partial charge in [0.2, 0.25) is 0 Å². The summed E-state index contributed by atoms with van der Waals surface area (Å²) in [6.07, 6.45) is 6.17. The molecule has 1 fully saturated rings. The lowest BCUT2D eigenvalue weighted by atomic mass is 10.00. The van der Waals surface area contributed by atoms with E-state index in [1.807, 2.05) is 6.07 Å². The molecule has 0 saturated carbocycles. The van der Waals surface area contributed by atoms with Crippen LogP contribution >= 0.6 is 31.9 Å². The van der Waals surface area contributed by atoms with Crippen molar-refractivity contribution in [1.82, 2.24) is 5.43 Å². The van der Waals surface area contributed by atoms with E-state index < -0.39 is 0 Å². The van der Waals surface area contributed by atoms with Crippen LogP contribution in [0.15, 0.2) is 27.1 Å². The van der Waals surface area contributed by atoms with Gasteiger partial charge in [0, 0.05) is 21.6 Å². The summed E-state index contributed by atoms with van der Waals surface area (Å²) in [4.78, 5) is 0. The zero-order valence-electron chi connectivity index (χ0n) is 10.9. The largest absolute Gasteiger partial charge is 0.378 e. The van der Waals surface area contributed by atoms with Gasteiger partial charge in [-0.1, -0.05) is 37.9 Å². The van der Waals surface area contributed by atoms with Crippen molar-refractivity contribution in [3.05, 3.63) is 32.7 Å². The molecule has 106 valence electrons. The maximum Gasteiger partial charge on any atom is 0.0576 e. The van der Waals surface area contributed by atoms with E-state index in [1.165, 1.54) is 18.4 Å². The number of hydrazine groups is 1. The lowest BCUT2D eigenvalue weighted by Crippen LogP contribution is -2.28. The van der Waals surface area contributed by atoms with E-state index in [0.29, 0.717) is 6.10 Å². The number of halogens is 2. The van der Waals surface area contributed by atoms with Crippen molar-refractivity contribution in [1.29, 1.82) is 0 Å². The maximum atomic E-state index is 5.69. The van der Waals surface area contributed by atoms with Crippen molar-refractivity contribution >= 4 is 31.9 Å². The molecular formula is C14H20Br2N2O. The molecule has 3 N–H and O–H groups in total. The van der Waals surface area contributed by atoms with Crippen LogP contribution in [0.3, 0.4) is 0 Å². The summed E-state index contributed by atoms with van der Waals surface area (Å²) >= 11 is 7.06. The lowest BCUT2D eigenvalue weighted by Gasteiger charge is -2.19. The van der Waals surface area contributed by atoms with Crippen LogP contribution in [-0.4, -0.2) is 12.7 Å². The molecule has 5 heteroatoms. The van der Waals surface area contributed by atoms with Gasteiger partial charge in [-0.05, 0) is 49.8 Å². The second kappa shape index (κ2) is 7.74. The van der Waals surface area contributed by atoms with Crippen molar-refractivity contribution in [3.8, 4) is 0 Å². The van der Waals surface area contributed by atoms with Crippen molar-refractivity contribution in [2.75, 3.05) is 6.61 Å². The number of ether oxygens (including phenoxy) is 1. The van der Waals surface area contributed by atoms with Gasteiger partial charge in [-0.25, -0.2) is 0 Å². The first-order chi connectivity index (χ1) is 9.20. The minimum absolute atomic E-state index is 0.184. The molecule has 0 spiro atoms. The summed E-state index contributed by atoms with van der Waals surface area (Å²) in [5.74, 6) is 5.69. The number of benzene rings is 1. The Morgan fingerprint density at radius 1 is 1.42 bits per heavy atom. The topological polar surface area (TPSA) is 47.3 Å². The van der Waals surface area contributed by atoms with Crippen LogP contribution in [0.25, 0.3) is 0 Å². The minimum Gasteiger partial charge on any atom is -0.378 e. The van der Waals surface area contributed by atoms with Gasteiger partial charge >= 0.3 is 0 Å². The minimum atomic E-state index is 0.184. The van der Waals surface area contributed by atoms with E-state index in [9.17, 15) is 0 Å². The molecule has 0 aliphatic carbocycles. The maximum absolute atomic E-state index is 5.69. The van der Waals surface area contributed by atoms with Crippen molar-refractivity contribution in [2.24, 2.45) is 5.84 Å². The van der Waals surface area contributed by atoms with Crippen LogP contribution in [0.2, 0.25) is 0 Å². The highest BCUT2D eigenvalue weighted by molar-refractivity contribution is 9.11. The number of rotatable bonds is 6. The molecule has 0 bridgehead atoms. The van der Waals surface area contributed by atoms with Gasteiger partial charge in [0.25, 0.3) is 0 Å². The highest BCUT2D eigenvalue weighted by atomic mass is 79.9. The third-order valence-corrected chi connectivity index (χ3v) is 4.76. The Hall–Kier alpha value is 0.0600. The fourth-order valence-electron chi connectivity index (χ4n) is 2.53. The van der Waals surface area contributed by atoms with E-state index in [0.717, 1.165) is 34.8 Å². The Balaban J connectivity index is 1.88. The van der Waals surface area contributed by atoms with Crippen LogP contribution in [0, 0.1) is 0 Å². The van der Waals surface area contributed by atoms with Gasteiger partial charge in [-0.3, -0.25) is 11.3 Å². The van der Waals surface area contributed by atoms with Gasteiger partial charge in [0.1, 0.15) is 0 Å². The first-order valence-corrected chi connectivity index (χ1v) is 8.32. The molecule has 1 aromatic carbocycles. The van der Waals surface area contributed by atoms with Crippen LogP contribution < -0.4 is 11.3 Å². The van der Waals surface area contributed by atoms with Crippen LogP contribution in [0.4, 0.5) is 0 Å². The first-order valence-electron chi connectivity index (χ1n) is 6.73. The standard InChI is InChI=1S/C14H20Br2N2O/c15-10-6-7-12(13(16)9-10)14(18-17)5-1-3-11-4-2-8-19-11/h6-7,9,11,14,18H,1-5,8,17H2. The molecule has 1 aromatic rings. The molecule has 0 aromatic heterocycles. The Kier molecular flexibility index (Phi) is 6.29. The molecule has 1 aliphatic rings. The molecule has 2 rings (SSSR count). The second-order valence-corrected chi connectivity index (χ2v) is 6.72. The predicted molar refractivity (Wildman–Crippen MR) is 84.7 cm³/mol. The molecular weight excluding hydrogens is 372 g/mol. The smallest absolute Gasteiger partial charge is 0.0576 e. The third kappa shape index (κ3) is 4.53. The molecule has 1 heterocycles. The van der Waals surface area contributed by atoms with Crippen molar-refractivity contribution in [3.63, 3.8) is 0 Å². The van der Waals surface area contributed by atoms with E-state index in [1.54, 1.807) is 0 Å². The van der Waals surface area contributed by atoms with Crippen molar-refractivity contribution < 1.29 is 4.74 Å². The monoisotopic (exact) mass is 390 g/mol. The molecule has 1 saturated heterocycles. The van der Waals surface area contributed by atoms with E-state index in [-0.39, 0.29) is 6.04 Å². The van der Waals surface area contributed by atoms with Gasteiger partial charge in [0.15, 0.2) is 0 Å². The molecule has 1 aliphatic heterocycles. The summed E-state index contributed by atoms with van der Waals surface area (Å²) in [6, 6.07) is 6.39. The van der Waals surface area contributed by atoms with Crippen LogP contribution in [-0.2, 0) is 4.74 Å². The summed E-state index contributed by atoms with van der Waals surface area (Å²) in [7, 11) is 0. The quantitative estimate of drug-likeness (QED) is 0.567. The Bertz CT molecular complexity index is 408. The number of nitrogens with two attached hydrogens (primary N) is 1. The Morgan fingerprint density at radius 3 is 2.89 bits per heavy atom. The average Bonchev–Trinajstić information content (AvgIpc) is 2.89. The number of hydrogen-bond acceptors (Lipinski definition) is 3. The van der Waals surface area contributed by atoms with E-state index >= 15 is 0 Å². The predicted octanol–water partition coefficient (Wildman–Crippen LogP) is 4.07. The van der Waals surface area contributed by atoms with Gasteiger partial charge in [-0.15, -0.1) is 0 Å². The fraction of sp³-hybridized carbons (Fsp3) is 0.571. The molecule has 19 heavy (non-hydrogen) atoms. The zero-order valence-corrected chi connectivity index (χ0v) is 14.0. The highest BCUT2D eigenvalue weighted by Gasteiger charge is 2.17. The first kappa shape index (κ1) is 15.4. The third-order valence-electron chi connectivity index (χ3n) is 3.58. The van der Waals surface area contributed by atoms with Gasteiger partial charge in [0.05, 0.1) is 6.10 Å². The van der Waals surface area contributed by atoms with E-state index in [4.69, 9.17) is 10.6 Å². The normalized spacial score (nSPS) is 20.7. The Labute approximate surface area is 131 Å². The summed E-state index contributed by atoms with van der Waals surface area (Å²) in [5, 5.41) is 0.